The van der Waals surface area contributed by atoms with Crippen LogP contribution in [0.3, 0.4) is 0 Å². The van der Waals surface area contributed by atoms with Crippen molar-refractivity contribution in [2.45, 2.75) is 23.8 Å². The maximum Gasteiger partial charge on any atom is 0.233 e. The molecular formula is C14H24N4O2S. The first-order valence-electron chi connectivity index (χ1n) is 7.38. The number of amides is 1. The molecule has 7 heteroatoms. The molecule has 118 valence electrons. The highest BCUT2D eigenvalue weighted by atomic mass is 32.2. The van der Waals surface area contributed by atoms with Crippen LogP contribution in [0.15, 0.2) is 17.6 Å². The number of rotatable bonds is 7. The number of aryl methyl sites for hydroxylation is 1. The van der Waals surface area contributed by atoms with Gasteiger partial charge in [0.1, 0.15) is 0 Å². The van der Waals surface area contributed by atoms with Crippen LogP contribution in [0.2, 0.25) is 0 Å². The van der Waals surface area contributed by atoms with E-state index >= 15 is 0 Å². The van der Waals surface area contributed by atoms with Gasteiger partial charge in [0.2, 0.25) is 5.91 Å². The fourth-order valence-electron chi connectivity index (χ4n) is 2.16. The topological polar surface area (TPSA) is 59.4 Å². The number of carbonyl (C=O) groups is 1. The summed E-state index contributed by atoms with van der Waals surface area (Å²) in [5.41, 5.74) is 0. The van der Waals surface area contributed by atoms with Gasteiger partial charge in [-0.2, -0.15) is 0 Å². The third kappa shape index (κ3) is 5.33. The minimum atomic E-state index is -0.130. The summed E-state index contributed by atoms with van der Waals surface area (Å²) in [6.45, 7) is 7.30. The molecule has 1 fully saturated rings. The molecule has 1 aliphatic rings. The number of thioether (sulfide) groups is 1. The summed E-state index contributed by atoms with van der Waals surface area (Å²) in [7, 11) is 1.93. The Morgan fingerprint density at radius 1 is 1.52 bits per heavy atom. The number of nitrogens with one attached hydrogen (secondary N) is 1. The van der Waals surface area contributed by atoms with E-state index in [1.807, 2.05) is 24.7 Å². The van der Waals surface area contributed by atoms with Crippen LogP contribution in [-0.2, 0) is 16.6 Å². The lowest BCUT2D eigenvalue weighted by Crippen LogP contribution is -2.38. The largest absolute Gasteiger partial charge is 0.379 e. The summed E-state index contributed by atoms with van der Waals surface area (Å²) in [5, 5.41) is 3.74. The molecule has 0 bridgehead atoms. The zero-order chi connectivity index (χ0) is 15.1. The number of morpholine rings is 1. The van der Waals surface area contributed by atoms with Gasteiger partial charge in [0.15, 0.2) is 5.16 Å². The molecule has 0 saturated carbocycles. The van der Waals surface area contributed by atoms with Crippen molar-refractivity contribution < 1.29 is 9.53 Å². The molecule has 2 rings (SSSR count). The third-order valence-corrected chi connectivity index (χ3v) is 4.65. The highest BCUT2D eigenvalue weighted by molar-refractivity contribution is 8.00. The van der Waals surface area contributed by atoms with E-state index in [0.29, 0.717) is 0 Å². The Hall–Kier alpha value is -1.05. The Morgan fingerprint density at radius 3 is 2.95 bits per heavy atom. The van der Waals surface area contributed by atoms with E-state index in [1.165, 1.54) is 11.8 Å². The van der Waals surface area contributed by atoms with E-state index in [0.717, 1.165) is 51.0 Å². The molecule has 21 heavy (non-hydrogen) atoms. The molecule has 1 aromatic rings. The number of carbonyl (C=O) groups excluding carboxylic acids is 1. The average Bonchev–Trinajstić information content (AvgIpc) is 2.89. The first-order valence-corrected chi connectivity index (χ1v) is 8.26. The number of aromatic nitrogens is 2. The standard InChI is InChI=1S/C14H24N4O2S/c1-12(21-14-16-5-7-17(14)2)13(19)15-4-3-6-18-8-10-20-11-9-18/h5,7,12H,3-4,6,8-11H2,1-2H3,(H,15,19). The highest BCUT2D eigenvalue weighted by Crippen LogP contribution is 2.20. The number of hydrogen-bond acceptors (Lipinski definition) is 5. The molecule has 1 N–H and O–H groups in total. The number of ether oxygens (including phenoxy) is 1. The minimum absolute atomic E-state index is 0.0741. The number of hydrogen-bond donors (Lipinski definition) is 1. The summed E-state index contributed by atoms with van der Waals surface area (Å²) < 4.78 is 7.24. The number of imidazole rings is 1. The fraction of sp³-hybridized carbons (Fsp3) is 0.714. The first-order chi connectivity index (χ1) is 10.2. The SMILES string of the molecule is CC(Sc1nccn1C)C(=O)NCCCN1CCOCC1. The van der Waals surface area contributed by atoms with Gasteiger partial charge in [-0.15, -0.1) is 0 Å². The second-order valence-corrected chi connectivity index (χ2v) is 6.49. The minimum Gasteiger partial charge on any atom is -0.379 e. The first kappa shape index (κ1) is 16.3. The summed E-state index contributed by atoms with van der Waals surface area (Å²) in [4.78, 5) is 18.6. The molecule has 1 aliphatic heterocycles. The van der Waals surface area contributed by atoms with Gasteiger partial charge in [0, 0.05) is 39.1 Å². The third-order valence-electron chi connectivity index (χ3n) is 3.48. The van der Waals surface area contributed by atoms with Crippen molar-refractivity contribution in [3.05, 3.63) is 12.4 Å². The van der Waals surface area contributed by atoms with Gasteiger partial charge in [-0.3, -0.25) is 9.69 Å². The van der Waals surface area contributed by atoms with Crippen LogP contribution in [0.25, 0.3) is 0 Å². The zero-order valence-electron chi connectivity index (χ0n) is 12.7. The average molecular weight is 312 g/mol. The van der Waals surface area contributed by atoms with Crippen molar-refractivity contribution in [1.82, 2.24) is 19.8 Å². The summed E-state index contributed by atoms with van der Waals surface area (Å²) >= 11 is 1.48. The Labute approximate surface area is 130 Å². The molecule has 2 heterocycles. The molecule has 1 aromatic heterocycles. The van der Waals surface area contributed by atoms with Gasteiger partial charge in [-0.25, -0.2) is 4.98 Å². The van der Waals surface area contributed by atoms with Gasteiger partial charge in [0.25, 0.3) is 0 Å². The highest BCUT2D eigenvalue weighted by Gasteiger charge is 2.16. The molecule has 1 saturated heterocycles. The van der Waals surface area contributed by atoms with Crippen LogP contribution < -0.4 is 5.32 Å². The molecule has 1 amide bonds. The van der Waals surface area contributed by atoms with Crippen LogP contribution in [0.1, 0.15) is 13.3 Å². The lowest BCUT2D eigenvalue weighted by Gasteiger charge is -2.26. The summed E-state index contributed by atoms with van der Waals surface area (Å²) in [5.74, 6) is 0.0741. The monoisotopic (exact) mass is 312 g/mol. The Balaban J connectivity index is 1.61. The van der Waals surface area contributed by atoms with Gasteiger partial charge in [-0.05, 0) is 19.9 Å². The van der Waals surface area contributed by atoms with E-state index in [-0.39, 0.29) is 11.2 Å². The van der Waals surface area contributed by atoms with Crippen LogP contribution in [0, 0.1) is 0 Å². The summed E-state index contributed by atoms with van der Waals surface area (Å²) in [6, 6.07) is 0. The molecule has 1 unspecified atom stereocenters. The van der Waals surface area contributed by atoms with Gasteiger partial charge in [-0.1, -0.05) is 11.8 Å². The maximum atomic E-state index is 12.0. The van der Waals surface area contributed by atoms with Gasteiger partial charge in [0.05, 0.1) is 18.5 Å². The molecule has 0 aliphatic carbocycles. The van der Waals surface area contributed by atoms with Crippen molar-refractivity contribution >= 4 is 17.7 Å². The number of nitrogens with zero attached hydrogens (tertiary/aromatic N) is 3. The molecule has 0 spiro atoms. The van der Waals surface area contributed by atoms with Crippen LogP contribution in [0.4, 0.5) is 0 Å². The predicted molar refractivity (Wildman–Crippen MR) is 83.4 cm³/mol. The summed E-state index contributed by atoms with van der Waals surface area (Å²) in [6.07, 6.45) is 4.61. The van der Waals surface area contributed by atoms with E-state index < -0.39 is 0 Å². The van der Waals surface area contributed by atoms with Gasteiger partial charge < -0.3 is 14.6 Å². The smallest absolute Gasteiger partial charge is 0.233 e. The van der Waals surface area contributed by atoms with Crippen LogP contribution in [0.5, 0.6) is 0 Å². The molecule has 6 nitrogen and oxygen atoms in total. The zero-order valence-corrected chi connectivity index (χ0v) is 13.6. The van der Waals surface area contributed by atoms with E-state index in [2.05, 4.69) is 15.2 Å². The van der Waals surface area contributed by atoms with Gasteiger partial charge >= 0.3 is 0 Å². The molecule has 0 radical (unpaired) electrons. The molecule has 1 atom stereocenters. The second-order valence-electron chi connectivity index (χ2n) is 5.18. The molecular weight excluding hydrogens is 288 g/mol. The van der Waals surface area contributed by atoms with E-state index in [9.17, 15) is 4.79 Å². The second kappa shape index (κ2) is 8.41. The van der Waals surface area contributed by atoms with Crippen molar-refractivity contribution in [1.29, 1.82) is 0 Å². The van der Waals surface area contributed by atoms with Crippen molar-refractivity contribution in [2.75, 3.05) is 39.4 Å². The fourth-order valence-corrected chi connectivity index (χ4v) is 3.02. The van der Waals surface area contributed by atoms with Crippen molar-refractivity contribution in [3.8, 4) is 0 Å². The van der Waals surface area contributed by atoms with E-state index in [4.69, 9.17) is 4.74 Å². The lowest BCUT2D eigenvalue weighted by atomic mass is 10.3. The van der Waals surface area contributed by atoms with Crippen molar-refractivity contribution in [2.24, 2.45) is 7.05 Å². The normalized spacial score (nSPS) is 17.6. The quantitative estimate of drug-likeness (QED) is 0.594. The Bertz CT molecular complexity index is 446. The lowest BCUT2D eigenvalue weighted by molar-refractivity contribution is -0.120. The Morgan fingerprint density at radius 2 is 2.29 bits per heavy atom. The maximum absolute atomic E-state index is 12.0. The van der Waals surface area contributed by atoms with E-state index in [1.54, 1.807) is 6.20 Å². The Kier molecular flexibility index (Phi) is 6.53. The van der Waals surface area contributed by atoms with Crippen LogP contribution in [-0.4, -0.2) is 65.0 Å². The van der Waals surface area contributed by atoms with Crippen LogP contribution >= 0.6 is 11.8 Å². The predicted octanol–water partition coefficient (Wildman–Crippen LogP) is 0.739. The van der Waals surface area contributed by atoms with Crippen molar-refractivity contribution in [3.63, 3.8) is 0 Å². The molecule has 0 aromatic carbocycles.